The van der Waals surface area contributed by atoms with Crippen molar-refractivity contribution in [2.45, 2.75) is 64.8 Å². The molecule has 11 heteroatoms. The molecule has 0 radical (unpaired) electrons. The number of carbonyl (C=O) groups is 3. The van der Waals surface area contributed by atoms with Crippen LogP contribution in [0.1, 0.15) is 69.1 Å². The topological polar surface area (TPSA) is 114 Å². The zero-order valence-electron chi connectivity index (χ0n) is 19.5. The van der Waals surface area contributed by atoms with Crippen LogP contribution >= 0.6 is 0 Å². The summed E-state index contributed by atoms with van der Waals surface area (Å²) in [6.45, 7) is 8.16. The summed E-state index contributed by atoms with van der Waals surface area (Å²) in [4.78, 5) is 39.6. The summed E-state index contributed by atoms with van der Waals surface area (Å²) < 4.78 is 39.0. The van der Waals surface area contributed by atoms with E-state index in [1.165, 1.54) is 11.0 Å². The lowest BCUT2D eigenvalue weighted by Crippen LogP contribution is -2.49. The average Bonchev–Trinajstić information content (AvgIpc) is 3.27. The minimum Gasteiger partial charge on any atom is -0.378 e. The molecule has 9 nitrogen and oxygen atoms in total. The van der Waals surface area contributed by atoms with Crippen molar-refractivity contribution in [1.82, 2.24) is 20.7 Å². The standard InChI is InChI=1S/C22H32F2N4O5/c1-5-7-22(23,24)13-17(26-21(31)28-8-10-32-11-9-28)20(30)25-15(6-2)19(29)16-12-18(14(3)4)33-27-16/h12-15H,5-11H2,1-4H3,(H,25,30)(H,26,31)/b17-13+. The summed E-state index contributed by atoms with van der Waals surface area (Å²) in [6, 6.07) is -0.232. The van der Waals surface area contributed by atoms with Crippen LogP contribution < -0.4 is 10.6 Å². The maximum absolute atomic E-state index is 14.3. The quantitative estimate of drug-likeness (QED) is 0.401. The minimum atomic E-state index is -3.32. The van der Waals surface area contributed by atoms with Crippen molar-refractivity contribution in [3.63, 3.8) is 0 Å². The van der Waals surface area contributed by atoms with Gasteiger partial charge in [-0.05, 0) is 6.42 Å². The third-order valence-electron chi connectivity index (χ3n) is 5.10. The first kappa shape index (κ1) is 26.4. The number of amides is 3. The second-order valence-electron chi connectivity index (χ2n) is 8.17. The molecular weight excluding hydrogens is 438 g/mol. The number of nitrogens with zero attached hydrogens (tertiary/aromatic N) is 2. The Hall–Kier alpha value is -2.82. The summed E-state index contributed by atoms with van der Waals surface area (Å²) >= 11 is 0. The number of ketones is 1. The van der Waals surface area contributed by atoms with E-state index in [0.29, 0.717) is 25.1 Å². The Morgan fingerprint density at radius 2 is 1.91 bits per heavy atom. The molecule has 2 N–H and O–H groups in total. The second-order valence-corrected chi connectivity index (χ2v) is 8.17. The molecule has 0 bridgehead atoms. The highest BCUT2D eigenvalue weighted by atomic mass is 19.3. The van der Waals surface area contributed by atoms with E-state index in [2.05, 4.69) is 15.8 Å². The second kappa shape index (κ2) is 11.9. The van der Waals surface area contributed by atoms with Gasteiger partial charge in [0.05, 0.1) is 19.3 Å². The molecular formula is C22H32F2N4O5. The van der Waals surface area contributed by atoms with Crippen LogP contribution in [-0.4, -0.2) is 66.0 Å². The lowest BCUT2D eigenvalue weighted by Gasteiger charge is -2.27. The van der Waals surface area contributed by atoms with Gasteiger partial charge < -0.3 is 24.8 Å². The highest BCUT2D eigenvalue weighted by Gasteiger charge is 2.31. The van der Waals surface area contributed by atoms with Crippen LogP contribution in [0.2, 0.25) is 0 Å². The van der Waals surface area contributed by atoms with E-state index in [-0.39, 0.29) is 37.5 Å². The van der Waals surface area contributed by atoms with Crippen molar-refractivity contribution in [2.24, 2.45) is 0 Å². The van der Waals surface area contributed by atoms with E-state index in [4.69, 9.17) is 9.26 Å². The normalized spacial score (nSPS) is 16.0. The molecule has 1 atom stereocenters. The highest BCUT2D eigenvalue weighted by Crippen LogP contribution is 2.23. The van der Waals surface area contributed by atoms with E-state index < -0.39 is 41.8 Å². The van der Waals surface area contributed by atoms with Crippen LogP contribution in [-0.2, 0) is 9.53 Å². The first-order valence-corrected chi connectivity index (χ1v) is 11.1. The van der Waals surface area contributed by atoms with E-state index >= 15 is 0 Å². The number of hydrogen-bond donors (Lipinski definition) is 2. The lowest BCUT2D eigenvalue weighted by atomic mass is 10.0. The molecule has 0 saturated carbocycles. The zero-order valence-corrected chi connectivity index (χ0v) is 19.5. The van der Waals surface area contributed by atoms with E-state index in [1.54, 1.807) is 13.8 Å². The Labute approximate surface area is 191 Å². The van der Waals surface area contributed by atoms with E-state index in [1.807, 2.05) is 13.8 Å². The molecule has 2 rings (SSSR count). The number of carbonyl (C=O) groups excluding carboxylic acids is 3. The molecule has 1 aliphatic rings. The van der Waals surface area contributed by atoms with Gasteiger partial charge >= 0.3 is 6.03 Å². The maximum Gasteiger partial charge on any atom is 0.322 e. The molecule has 184 valence electrons. The molecule has 1 aromatic rings. The van der Waals surface area contributed by atoms with Gasteiger partial charge in [-0.25, -0.2) is 13.6 Å². The SMILES string of the molecule is CCCC(F)(F)/C=C(/NC(=O)N1CCOCC1)C(=O)NC(CC)C(=O)c1cc(C(C)C)on1. The Morgan fingerprint density at radius 1 is 1.24 bits per heavy atom. The Morgan fingerprint density at radius 3 is 2.45 bits per heavy atom. The molecule has 1 saturated heterocycles. The molecule has 1 aromatic heterocycles. The summed E-state index contributed by atoms with van der Waals surface area (Å²) in [6.07, 6.45) is 0.305. The molecule has 33 heavy (non-hydrogen) atoms. The van der Waals surface area contributed by atoms with Crippen LogP contribution in [0.15, 0.2) is 22.4 Å². The van der Waals surface area contributed by atoms with Crippen molar-refractivity contribution in [1.29, 1.82) is 0 Å². The number of halogens is 2. The van der Waals surface area contributed by atoms with E-state index in [9.17, 15) is 23.2 Å². The first-order chi connectivity index (χ1) is 15.6. The summed E-state index contributed by atoms with van der Waals surface area (Å²) in [5.74, 6) is -4.29. The number of ether oxygens (including phenoxy) is 1. The van der Waals surface area contributed by atoms with Gasteiger partial charge in [0.15, 0.2) is 5.69 Å². The Balaban J connectivity index is 2.21. The van der Waals surface area contributed by atoms with Crippen molar-refractivity contribution < 1.29 is 32.4 Å². The largest absolute Gasteiger partial charge is 0.378 e. The third-order valence-corrected chi connectivity index (χ3v) is 5.10. The number of Topliss-reactive ketones (excluding diaryl/α,β-unsaturated/α-hetero) is 1. The molecule has 0 aromatic carbocycles. The summed E-state index contributed by atoms with van der Waals surface area (Å²) in [5, 5.41) is 8.48. The molecule has 1 unspecified atom stereocenters. The summed E-state index contributed by atoms with van der Waals surface area (Å²) in [5.41, 5.74) is -0.579. The van der Waals surface area contributed by atoms with Gasteiger partial charge in [0.2, 0.25) is 5.78 Å². The monoisotopic (exact) mass is 470 g/mol. The number of hydrogen-bond acceptors (Lipinski definition) is 6. The minimum absolute atomic E-state index is 0.0134. The van der Waals surface area contributed by atoms with Crippen LogP contribution in [0.3, 0.4) is 0 Å². The van der Waals surface area contributed by atoms with Gasteiger partial charge in [-0.2, -0.15) is 0 Å². The molecule has 0 aliphatic carbocycles. The average molecular weight is 471 g/mol. The van der Waals surface area contributed by atoms with Crippen molar-refractivity contribution in [2.75, 3.05) is 26.3 Å². The van der Waals surface area contributed by atoms with Gasteiger partial charge in [0.25, 0.3) is 11.8 Å². The summed E-state index contributed by atoms with van der Waals surface area (Å²) in [7, 11) is 0. The Bertz CT molecular complexity index is 863. The van der Waals surface area contributed by atoms with Gasteiger partial charge in [-0.3, -0.25) is 9.59 Å². The van der Waals surface area contributed by atoms with Gasteiger partial charge in [-0.1, -0.05) is 39.3 Å². The fraction of sp³-hybridized carbons (Fsp3) is 0.636. The van der Waals surface area contributed by atoms with Crippen LogP contribution in [0, 0.1) is 0 Å². The van der Waals surface area contributed by atoms with Gasteiger partial charge in [0.1, 0.15) is 11.5 Å². The number of allylic oxidation sites excluding steroid dienone is 1. The fourth-order valence-electron chi connectivity index (χ4n) is 3.18. The van der Waals surface area contributed by atoms with Crippen LogP contribution in [0.5, 0.6) is 0 Å². The van der Waals surface area contributed by atoms with Crippen LogP contribution in [0.25, 0.3) is 0 Å². The fourth-order valence-corrected chi connectivity index (χ4v) is 3.18. The zero-order chi connectivity index (χ0) is 24.6. The molecule has 1 fully saturated rings. The maximum atomic E-state index is 14.3. The van der Waals surface area contributed by atoms with Crippen LogP contribution in [0.4, 0.5) is 13.6 Å². The van der Waals surface area contributed by atoms with E-state index in [0.717, 1.165) is 0 Å². The predicted molar refractivity (Wildman–Crippen MR) is 116 cm³/mol. The van der Waals surface area contributed by atoms with Crippen molar-refractivity contribution in [3.8, 4) is 0 Å². The highest BCUT2D eigenvalue weighted by molar-refractivity contribution is 6.04. The van der Waals surface area contributed by atoms with Gasteiger partial charge in [-0.15, -0.1) is 0 Å². The predicted octanol–water partition coefficient (Wildman–Crippen LogP) is 3.24. The van der Waals surface area contributed by atoms with Gasteiger partial charge in [0, 0.05) is 37.6 Å². The number of urea groups is 1. The molecule has 0 spiro atoms. The number of alkyl halides is 2. The number of morpholine rings is 1. The Kier molecular flexibility index (Phi) is 9.51. The van der Waals surface area contributed by atoms with Crippen molar-refractivity contribution in [3.05, 3.63) is 29.3 Å². The number of nitrogens with one attached hydrogen (secondary N) is 2. The molecule has 2 heterocycles. The third kappa shape index (κ3) is 7.62. The molecule has 3 amide bonds. The first-order valence-electron chi connectivity index (χ1n) is 11.1. The smallest absolute Gasteiger partial charge is 0.322 e. The number of aromatic nitrogens is 1. The molecule has 1 aliphatic heterocycles. The lowest BCUT2D eigenvalue weighted by molar-refractivity contribution is -0.118. The number of rotatable bonds is 10. The van der Waals surface area contributed by atoms with Crippen molar-refractivity contribution >= 4 is 17.7 Å².